The maximum absolute atomic E-state index is 13.6. The number of aryl methyl sites for hydroxylation is 3. The second kappa shape index (κ2) is 9.59. The highest BCUT2D eigenvalue weighted by Crippen LogP contribution is 2.44. The molecular weight excluding hydrogens is 508 g/mol. The lowest BCUT2D eigenvalue weighted by atomic mass is 9.95. The number of thiazole rings is 2. The molecule has 0 radical (unpaired) electrons. The van der Waals surface area contributed by atoms with Gasteiger partial charge in [0.15, 0.2) is 10.9 Å². The quantitative estimate of drug-likeness (QED) is 0.203. The first kappa shape index (κ1) is 25.1. The molecule has 11 nitrogen and oxygen atoms in total. The van der Waals surface area contributed by atoms with Crippen LogP contribution in [0.1, 0.15) is 54.3 Å². The number of nitro benzene ring substituents is 1. The summed E-state index contributed by atoms with van der Waals surface area (Å²) in [5.41, 5.74) is 0.721. The Kier molecular flexibility index (Phi) is 6.69. The number of nitro groups is 1. The highest BCUT2D eigenvalue weighted by Gasteiger charge is 2.47. The summed E-state index contributed by atoms with van der Waals surface area (Å²) in [5, 5.41) is 22.8. The van der Waals surface area contributed by atoms with Crippen molar-refractivity contribution in [2.24, 2.45) is 0 Å². The summed E-state index contributed by atoms with van der Waals surface area (Å²) in [6.07, 6.45) is 0. The minimum atomic E-state index is -1.15. The Morgan fingerprint density at radius 3 is 2.31 bits per heavy atom. The number of aliphatic hydroxyl groups is 1. The molecule has 2 aromatic heterocycles. The molecule has 1 aliphatic rings. The molecule has 3 heterocycles. The van der Waals surface area contributed by atoms with Gasteiger partial charge in [-0.2, -0.15) is 0 Å². The predicted octanol–water partition coefficient (Wildman–Crippen LogP) is 4.39. The van der Waals surface area contributed by atoms with Crippen molar-refractivity contribution in [3.8, 4) is 0 Å². The van der Waals surface area contributed by atoms with Crippen LogP contribution in [0.2, 0.25) is 0 Å². The van der Waals surface area contributed by atoms with E-state index in [0.717, 1.165) is 27.6 Å². The number of rotatable bonds is 7. The van der Waals surface area contributed by atoms with E-state index < -0.39 is 34.4 Å². The smallest absolute Gasteiger partial charge is 0.350 e. The van der Waals surface area contributed by atoms with Crippen LogP contribution in [-0.2, 0) is 9.53 Å². The van der Waals surface area contributed by atoms with Crippen molar-refractivity contribution >= 4 is 51.2 Å². The number of esters is 1. The molecule has 4 rings (SSSR count). The number of non-ortho nitro benzene ring substituents is 1. The number of hydrogen-bond donors (Lipinski definition) is 1. The van der Waals surface area contributed by atoms with Crippen LogP contribution in [0.3, 0.4) is 0 Å². The van der Waals surface area contributed by atoms with Gasteiger partial charge in [-0.15, -0.1) is 11.3 Å². The summed E-state index contributed by atoms with van der Waals surface area (Å²) in [4.78, 5) is 60.0. The molecule has 1 amide bonds. The lowest BCUT2D eigenvalue weighted by molar-refractivity contribution is -0.384. The minimum absolute atomic E-state index is 0.0652. The zero-order chi connectivity index (χ0) is 26.3. The van der Waals surface area contributed by atoms with Gasteiger partial charge in [0.25, 0.3) is 11.6 Å². The molecule has 36 heavy (non-hydrogen) atoms. The standard InChI is InChI=1S/C23H20N4O7S2/c1-5-34-22(31)20-11(3)25-23(36-20)26-16(13-6-8-14(9-7-13)27(32)33)15(18(29)21(26)30)17(28)19-10(2)24-12(4)35-19/h6-9,16,29H,5H2,1-4H3. The zero-order valence-electron chi connectivity index (χ0n) is 19.6. The Balaban J connectivity index is 1.87. The van der Waals surface area contributed by atoms with Crippen LogP contribution < -0.4 is 4.90 Å². The number of aliphatic hydroxyl groups excluding tert-OH is 1. The maximum atomic E-state index is 13.6. The summed E-state index contributed by atoms with van der Waals surface area (Å²) in [5.74, 6) is -2.85. The maximum Gasteiger partial charge on any atom is 0.350 e. The number of anilines is 1. The molecule has 0 saturated heterocycles. The molecular formula is C23H20N4O7S2. The van der Waals surface area contributed by atoms with Gasteiger partial charge in [-0.05, 0) is 45.4 Å². The minimum Gasteiger partial charge on any atom is -0.503 e. The predicted molar refractivity (Wildman–Crippen MR) is 132 cm³/mol. The molecule has 1 aliphatic heterocycles. The van der Waals surface area contributed by atoms with E-state index in [9.17, 15) is 29.6 Å². The highest BCUT2D eigenvalue weighted by molar-refractivity contribution is 7.17. The van der Waals surface area contributed by atoms with Gasteiger partial charge in [-0.25, -0.2) is 14.8 Å². The molecule has 0 bridgehead atoms. The van der Waals surface area contributed by atoms with Crippen LogP contribution in [-0.4, -0.2) is 44.3 Å². The van der Waals surface area contributed by atoms with Crippen molar-refractivity contribution in [2.45, 2.75) is 33.7 Å². The van der Waals surface area contributed by atoms with Crippen molar-refractivity contribution in [3.05, 3.63) is 77.4 Å². The van der Waals surface area contributed by atoms with Gasteiger partial charge in [0.1, 0.15) is 4.88 Å². The monoisotopic (exact) mass is 528 g/mol. The third-order valence-electron chi connectivity index (χ3n) is 5.43. The number of carbonyl (C=O) groups excluding carboxylic acids is 3. The summed E-state index contributed by atoms with van der Waals surface area (Å²) < 4.78 is 5.06. The van der Waals surface area contributed by atoms with Gasteiger partial charge in [-0.3, -0.25) is 24.6 Å². The van der Waals surface area contributed by atoms with Crippen LogP contribution in [0.15, 0.2) is 35.6 Å². The van der Waals surface area contributed by atoms with Crippen LogP contribution in [0, 0.1) is 30.9 Å². The van der Waals surface area contributed by atoms with Crippen molar-refractivity contribution < 1.29 is 29.2 Å². The van der Waals surface area contributed by atoms with E-state index in [0.29, 0.717) is 22.0 Å². The van der Waals surface area contributed by atoms with Crippen LogP contribution >= 0.6 is 22.7 Å². The molecule has 3 aromatic rings. The van der Waals surface area contributed by atoms with Crippen LogP contribution in [0.4, 0.5) is 10.8 Å². The van der Waals surface area contributed by atoms with Crippen LogP contribution in [0.5, 0.6) is 0 Å². The van der Waals surface area contributed by atoms with Gasteiger partial charge in [0.05, 0.1) is 44.4 Å². The molecule has 1 atom stereocenters. The summed E-state index contributed by atoms with van der Waals surface area (Å²) in [6, 6.07) is 4.16. The van der Waals surface area contributed by atoms with Crippen LogP contribution in [0.25, 0.3) is 0 Å². The summed E-state index contributed by atoms with van der Waals surface area (Å²) in [7, 11) is 0. The number of nitrogens with zero attached hydrogens (tertiary/aromatic N) is 4. The number of ketones is 1. The van der Waals surface area contributed by atoms with Gasteiger partial charge < -0.3 is 9.84 Å². The fraction of sp³-hybridized carbons (Fsp3) is 0.261. The zero-order valence-corrected chi connectivity index (χ0v) is 21.2. The molecule has 1 unspecified atom stereocenters. The van der Waals surface area contributed by atoms with E-state index >= 15 is 0 Å². The molecule has 13 heteroatoms. The fourth-order valence-electron chi connectivity index (χ4n) is 3.86. The SMILES string of the molecule is CCOC(=O)c1sc(N2C(=O)C(O)=C(C(=O)c3sc(C)nc3C)C2c2ccc([N+](=O)[O-])cc2)nc1C. The number of hydrogen-bond acceptors (Lipinski definition) is 11. The summed E-state index contributed by atoms with van der Waals surface area (Å²) >= 11 is 2.02. The Morgan fingerprint density at radius 2 is 1.75 bits per heavy atom. The molecule has 1 aromatic carbocycles. The number of ether oxygens (including phenoxy) is 1. The third-order valence-corrected chi connectivity index (χ3v) is 7.64. The molecule has 1 N–H and O–H groups in total. The fourth-order valence-corrected chi connectivity index (χ4v) is 5.73. The molecule has 0 saturated carbocycles. The topological polar surface area (TPSA) is 153 Å². The average molecular weight is 529 g/mol. The van der Waals surface area contributed by atoms with Gasteiger partial charge in [0.2, 0.25) is 5.78 Å². The summed E-state index contributed by atoms with van der Waals surface area (Å²) in [6.45, 7) is 6.77. The normalized spacial score (nSPS) is 15.5. The van der Waals surface area contributed by atoms with E-state index in [1.54, 1.807) is 27.7 Å². The van der Waals surface area contributed by atoms with Crippen molar-refractivity contribution in [2.75, 3.05) is 11.5 Å². The van der Waals surface area contributed by atoms with E-state index in [2.05, 4.69) is 9.97 Å². The largest absolute Gasteiger partial charge is 0.503 e. The second-order valence-corrected chi connectivity index (χ2v) is 9.98. The van der Waals surface area contributed by atoms with E-state index in [1.807, 2.05) is 0 Å². The molecule has 0 aliphatic carbocycles. The Morgan fingerprint density at radius 1 is 1.11 bits per heavy atom. The van der Waals surface area contributed by atoms with Crippen molar-refractivity contribution in [1.82, 2.24) is 9.97 Å². The Bertz CT molecular complexity index is 1440. The average Bonchev–Trinajstić information content (AvgIpc) is 3.46. The Hall–Kier alpha value is -3.97. The second-order valence-electron chi connectivity index (χ2n) is 7.80. The van der Waals surface area contributed by atoms with E-state index in [1.165, 1.54) is 24.3 Å². The van der Waals surface area contributed by atoms with Gasteiger partial charge in [-0.1, -0.05) is 11.3 Å². The Labute approximate surface area is 212 Å². The highest BCUT2D eigenvalue weighted by atomic mass is 32.1. The molecule has 0 spiro atoms. The number of amides is 1. The third kappa shape index (κ3) is 4.27. The molecule has 186 valence electrons. The lowest BCUT2D eigenvalue weighted by Gasteiger charge is -2.24. The van der Waals surface area contributed by atoms with E-state index in [-0.39, 0.29) is 32.8 Å². The lowest BCUT2D eigenvalue weighted by Crippen LogP contribution is -2.31. The first-order valence-electron chi connectivity index (χ1n) is 10.7. The molecule has 0 fully saturated rings. The van der Waals surface area contributed by atoms with Gasteiger partial charge >= 0.3 is 5.97 Å². The first-order chi connectivity index (χ1) is 17.0. The number of benzene rings is 1. The number of aromatic nitrogens is 2. The number of Topliss-reactive ketones (excluding diaryl/α,β-unsaturated/α-hetero) is 1. The first-order valence-corrected chi connectivity index (χ1v) is 12.3. The van der Waals surface area contributed by atoms with Crippen molar-refractivity contribution in [1.29, 1.82) is 0 Å². The number of carbonyl (C=O) groups is 3. The van der Waals surface area contributed by atoms with Gasteiger partial charge in [0, 0.05) is 12.1 Å². The van der Waals surface area contributed by atoms with Crippen molar-refractivity contribution in [3.63, 3.8) is 0 Å². The van der Waals surface area contributed by atoms with E-state index in [4.69, 9.17) is 4.74 Å².